The van der Waals surface area contributed by atoms with Gasteiger partial charge in [0.1, 0.15) is 0 Å². The number of hydrogen-bond donors (Lipinski definition) is 1. The second kappa shape index (κ2) is 12.4. The highest BCUT2D eigenvalue weighted by Crippen LogP contribution is 2.40. The van der Waals surface area contributed by atoms with Crippen LogP contribution in [0.2, 0.25) is 0 Å². The van der Waals surface area contributed by atoms with Gasteiger partial charge in [0.25, 0.3) is 0 Å². The zero-order chi connectivity index (χ0) is 27.2. The molecule has 0 unspecified atom stereocenters. The van der Waals surface area contributed by atoms with Crippen molar-refractivity contribution in [3.63, 3.8) is 0 Å². The Balaban J connectivity index is 1.40. The molecule has 1 N–H and O–H groups in total. The number of hydrogen-bond acceptors (Lipinski definition) is 9. The van der Waals surface area contributed by atoms with Crippen molar-refractivity contribution in [1.82, 2.24) is 5.32 Å². The maximum absolute atomic E-state index is 15.4. The van der Waals surface area contributed by atoms with Gasteiger partial charge in [-0.05, 0) is 24.6 Å². The molecule has 0 spiro atoms. The van der Waals surface area contributed by atoms with Gasteiger partial charge >= 0.3 is 5.97 Å². The van der Waals surface area contributed by atoms with Crippen LogP contribution in [-0.4, -0.2) is 45.8 Å². The number of carbonyl (C=O) groups is 2. The average Bonchev–Trinajstić information content (AvgIpc) is 3.56. The largest absolute Gasteiger partial charge is 0.493 e. The van der Waals surface area contributed by atoms with Crippen molar-refractivity contribution in [2.45, 2.75) is 39.3 Å². The third-order valence-electron chi connectivity index (χ3n) is 6.04. The van der Waals surface area contributed by atoms with E-state index in [1.807, 2.05) is 0 Å². The first-order chi connectivity index (χ1) is 18.4. The van der Waals surface area contributed by atoms with E-state index in [4.69, 9.17) is 23.7 Å². The van der Waals surface area contributed by atoms with Crippen molar-refractivity contribution < 1.29 is 42.1 Å². The molecule has 1 aromatic heterocycles. The summed E-state index contributed by atoms with van der Waals surface area (Å²) in [6, 6.07) is 4.82. The maximum atomic E-state index is 15.4. The highest BCUT2D eigenvalue weighted by Gasteiger charge is 2.24. The number of thiophene rings is 1. The highest BCUT2D eigenvalue weighted by molar-refractivity contribution is 7.20. The fourth-order valence-electron chi connectivity index (χ4n) is 4.16. The lowest BCUT2D eigenvalue weighted by Crippen LogP contribution is -2.09. The minimum atomic E-state index is -0.653. The number of esters is 1. The van der Waals surface area contributed by atoms with Crippen LogP contribution in [0.1, 0.15) is 47.0 Å². The van der Waals surface area contributed by atoms with Crippen LogP contribution in [0, 0.1) is 11.6 Å². The Morgan fingerprint density at radius 3 is 2.32 bits per heavy atom. The summed E-state index contributed by atoms with van der Waals surface area (Å²) < 4.78 is 57.6. The van der Waals surface area contributed by atoms with Gasteiger partial charge in [-0.25, -0.2) is 8.78 Å². The molecular formula is C27H29F2NO7S. The van der Waals surface area contributed by atoms with Crippen LogP contribution in [-0.2, 0) is 22.6 Å². The van der Waals surface area contributed by atoms with E-state index in [0.29, 0.717) is 40.4 Å². The summed E-state index contributed by atoms with van der Waals surface area (Å²) in [5, 5.41) is 3.32. The number of fused-ring (bicyclic) bond motifs is 2. The average molecular weight is 550 g/mol. The number of ketones is 1. The minimum Gasteiger partial charge on any atom is -0.493 e. The molecule has 0 saturated carbocycles. The number of rotatable bonds is 13. The second-order valence-corrected chi connectivity index (χ2v) is 9.57. The minimum absolute atomic E-state index is 0.0279. The molecule has 0 bridgehead atoms. The van der Waals surface area contributed by atoms with Crippen LogP contribution >= 0.6 is 11.3 Å². The quantitative estimate of drug-likeness (QED) is 0.177. The van der Waals surface area contributed by atoms with Crippen LogP contribution in [0.5, 0.6) is 23.0 Å². The second-order valence-electron chi connectivity index (χ2n) is 8.49. The lowest BCUT2D eigenvalue weighted by Gasteiger charge is -2.15. The summed E-state index contributed by atoms with van der Waals surface area (Å²) in [5.41, 5.74) is 1.40. The molecule has 0 aliphatic carbocycles. The van der Waals surface area contributed by atoms with Crippen molar-refractivity contribution in [2.75, 3.05) is 34.0 Å². The predicted molar refractivity (Wildman–Crippen MR) is 138 cm³/mol. The summed E-state index contributed by atoms with van der Waals surface area (Å²) in [6.07, 6.45) is 0.265. The number of carbonyl (C=O) groups excluding carboxylic acids is 2. The molecule has 4 rings (SSSR count). The Hall–Kier alpha value is -3.44. The molecule has 0 saturated heterocycles. The van der Waals surface area contributed by atoms with Gasteiger partial charge in [0.05, 0.1) is 45.3 Å². The Morgan fingerprint density at radius 2 is 1.63 bits per heavy atom. The van der Waals surface area contributed by atoms with Crippen molar-refractivity contribution in [3.05, 3.63) is 45.8 Å². The van der Waals surface area contributed by atoms with Crippen LogP contribution in [0.25, 0.3) is 10.1 Å². The summed E-state index contributed by atoms with van der Waals surface area (Å²) in [5.74, 6) is -1.38. The topological polar surface area (TPSA) is 92.3 Å². The van der Waals surface area contributed by atoms with E-state index in [0.717, 1.165) is 16.9 Å². The van der Waals surface area contributed by atoms with Gasteiger partial charge in [0.2, 0.25) is 0 Å². The number of benzene rings is 2. The van der Waals surface area contributed by atoms with Crippen LogP contribution in [0.3, 0.4) is 0 Å². The molecule has 2 aromatic carbocycles. The molecule has 38 heavy (non-hydrogen) atoms. The third kappa shape index (κ3) is 5.83. The maximum Gasteiger partial charge on any atom is 0.306 e. The van der Waals surface area contributed by atoms with Crippen molar-refractivity contribution in [1.29, 1.82) is 0 Å². The van der Waals surface area contributed by atoms with Crippen molar-refractivity contribution >= 4 is 33.2 Å². The fraction of sp³-hybridized carbons (Fsp3) is 0.407. The van der Waals surface area contributed by atoms with Gasteiger partial charge in [0, 0.05) is 47.6 Å². The first kappa shape index (κ1) is 27.6. The van der Waals surface area contributed by atoms with E-state index in [1.54, 1.807) is 19.1 Å². The first-order valence-corrected chi connectivity index (χ1v) is 13.0. The van der Waals surface area contributed by atoms with Crippen molar-refractivity contribution in [2.24, 2.45) is 0 Å². The molecule has 2 heterocycles. The van der Waals surface area contributed by atoms with Gasteiger partial charge in [-0.15, -0.1) is 11.3 Å². The predicted octanol–water partition coefficient (Wildman–Crippen LogP) is 5.17. The summed E-state index contributed by atoms with van der Waals surface area (Å²) in [6.45, 7) is 3.12. The molecule has 11 heteroatoms. The Bertz CT molecular complexity index is 1340. The van der Waals surface area contributed by atoms with Crippen molar-refractivity contribution in [3.8, 4) is 23.0 Å². The van der Waals surface area contributed by atoms with Gasteiger partial charge in [0.15, 0.2) is 40.4 Å². The SMILES string of the molecule is CCOC(=O)CCC(=O)c1cc2c(F)c(OCCCOc3c(OC)cc4c(c3F)CNC4)c(OC)cc2s1. The molecule has 1 aliphatic rings. The number of nitrogens with one attached hydrogen (secondary N) is 1. The highest BCUT2D eigenvalue weighted by atomic mass is 32.1. The van der Waals surface area contributed by atoms with E-state index < -0.39 is 17.6 Å². The van der Waals surface area contributed by atoms with E-state index in [2.05, 4.69) is 5.32 Å². The number of halogens is 2. The first-order valence-electron chi connectivity index (χ1n) is 12.2. The molecule has 0 fully saturated rings. The lowest BCUT2D eigenvalue weighted by atomic mass is 10.1. The zero-order valence-corrected chi connectivity index (χ0v) is 22.2. The summed E-state index contributed by atoms with van der Waals surface area (Å²) in [4.78, 5) is 24.4. The zero-order valence-electron chi connectivity index (χ0n) is 21.4. The van der Waals surface area contributed by atoms with Gasteiger partial charge < -0.3 is 29.0 Å². The number of ether oxygens (including phenoxy) is 5. The molecule has 3 aromatic rings. The Kier molecular flexibility index (Phi) is 9.01. The molecule has 0 amide bonds. The number of methoxy groups -OCH3 is 2. The van der Waals surface area contributed by atoms with E-state index in [9.17, 15) is 14.0 Å². The monoisotopic (exact) mass is 549 g/mol. The molecule has 204 valence electrons. The summed E-state index contributed by atoms with van der Waals surface area (Å²) >= 11 is 1.12. The van der Waals surface area contributed by atoms with Gasteiger partial charge in [-0.2, -0.15) is 0 Å². The normalized spacial score (nSPS) is 12.3. The lowest BCUT2D eigenvalue weighted by molar-refractivity contribution is -0.143. The molecular weight excluding hydrogens is 520 g/mol. The van der Waals surface area contributed by atoms with E-state index in [1.165, 1.54) is 20.3 Å². The smallest absolute Gasteiger partial charge is 0.306 e. The van der Waals surface area contributed by atoms with Gasteiger partial charge in [-0.3, -0.25) is 9.59 Å². The van der Waals surface area contributed by atoms with Gasteiger partial charge in [-0.1, -0.05) is 0 Å². The molecule has 1 aliphatic heterocycles. The Labute approximate surface area is 222 Å². The molecule has 0 radical (unpaired) electrons. The van der Waals surface area contributed by atoms with E-state index in [-0.39, 0.29) is 61.1 Å². The fourth-order valence-corrected chi connectivity index (χ4v) is 5.21. The molecule has 0 atom stereocenters. The van der Waals surface area contributed by atoms with Crippen LogP contribution in [0.15, 0.2) is 18.2 Å². The van der Waals surface area contributed by atoms with Crippen LogP contribution < -0.4 is 24.3 Å². The summed E-state index contributed by atoms with van der Waals surface area (Å²) in [7, 11) is 2.85. The molecule has 8 nitrogen and oxygen atoms in total. The van der Waals surface area contributed by atoms with Crippen LogP contribution in [0.4, 0.5) is 8.78 Å². The number of Topliss-reactive ketones (excluding diaryl/α,β-unsaturated/α-hetero) is 1. The standard InChI is InChI=1S/C27H29F2NO7S/c1-4-35-23(32)7-6-18(31)22-11-16-21(38-22)12-20(34-3)27(24(16)28)37-9-5-8-36-26-19(33-2)10-15-13-30-14-17(15)25(26)29/h10-12,30H,4-9,13-14H2,1-3H3. The van der Waals surface area contributed by atoms with E-state index >= 15 is 4.39 Å². The third-order valence-corrected chi connectivity index (χ3v) is 7.16. The Morgan fingerprint density at radius 1 is 0.947 bits per heavy atom.